The van der Waals surface area contributed by atoms with Crippen LogP contribution in [0.15, 0.2) is 40.8 Å². The van der Waals surface area contributed by atoms with E-state index in [0.717, 1.165) is 37.6 Å². The molecule has 0 amide bonds. The molecule has 3 rings (SSSR count). The van der Waals surface area contributed by atoms with Crippen LogP contribution in [0, 0.1) is 10.1 Å². The molecular weight excluding hydrogens is 338 g/mol. The van der Waals surface area contributed by atoms with Crippen molar-refractivity contribution in [3.63, 3.8) is 0 Å². The SMILES string of the molecule is COC(=O)c1ccc([C@H](C)N2CCN(c3ccc([N+](=O)[O-])cc3)CC2)o1. The molecule has 1 aliphatic rings. The van der Waals surface area contributed by atoms with E-state index in [1.807, 2.05) is 6.92 Å². The molecule has 1 saturated heterocycles. The third-order valence-electron chi connectivity index (χ3n) is 4.71. The van der Waals surface area contributed by atoms with Crippen molar-refractivity contribution in [2.24, 2.45) is 0 Å². The molecule has 0 aliphatic carbocycles. The van der Waals surface area contributed by atoms with Crippen LogP contribution in [0.2, 0.25) is 0 Å². The molecule has 0 saturated carbocycles. The van der Waals surface area contributed by atoms with Crippen LogP contribution in [0.4, 0.5) is 11.4 Å². The van der Waals surface area contributed by atoms with Crippen LogP contribution in [-0.4, -0.2) is 49.1 Å². The van der Waals surface area contributed by atoms with Crippen molar-refractivity contribution in [2.75, 3.05) is 38.2 Å². The van der Waals surface area contributed by atoms with Gasteiger partial charge >= 0.3 is 5.97 Å². The van der Waals surface area contributed by atoms with Crippen molar-refractivity contribution in [3.8, 4) is 0 Å². The van der Waals surface area contributed by atoms with E-state index in [9.17, 15) is 14.9 Å². The first-order chi connectivity index (χ1) is 12.5. The molecule has 0 N–H and O–H groups in total. The summed E-state index contributed by atoms with van der Waals surface area (Å²) < 4.78 is 10.3. The van der Waals surface area contributed by atoms with E-state index >= 15 is 0 Å². The number of benzene rings is 1. The summed E-state index contributed by atoms with van der Waals surface area (Å²) in [5, 5.41) is 10.8. The number of ether oxygens (including phenoxy) is 1. The summed E-state index contributed by atoms with van der Waals surface area (Å²) in [6.45, 7) is 5.32. The van der Waals surface area contributed by atoms with Crippen LogP contribution in [0.5, 0.6) is 0 Å². The number of carbonyl (C=O) groups is 1. The lowest BCUT2D eigenvalue weighted by Crippen LogP contribution is -2.47. The smallest absolute Gasteiger partial charge is 0.373 e. The van der Waals surface area contributed by atoms with E-state index in [1.54, 1.807) is 24.3 Å². The first-order valence-corrected chi connectivity index (χ1v) is 8.41. The molecule has 1 fully saturated rings. The minimum absolute atomic E-state index is 0.0485. The number of methoxy groups -OCH3 is 1. The predicted molar refractivity (Wildman–Crippen MR) is 95.3 cm³/mol. The highest BCUT2D eigenvalue weighted by Gasteiger charge is 2.25. The van der Waals surface area contributed by atoms with Gasteiger partial charge in [0.25, 0.3) is 5.69 Å². The molecule has 0 unspecified atom stereocenters. The Labute approximate surface area is 151 Å². The third-order valence-corrected chi connectivity index (χ3v) is 4.71. The van der Waals surface area contributed by atoms with Crippen molar-refractivity contribution in [3.05, 3.63) is 58.0 Å². The van der Waals surface area contributed by atoms with Gasteiger partial charge in [0.05, 0.1) is 18.1 Å². The number of non-ortho nitro benzene ring substituents is 1. The summed E-state index contributed by atoms with van der Waals surface area (Å²) in [6, 6.07) is 10.1. The molecular formula is C18H21N3O5. The monoisotopic (exact) mass is 359 g/mol. The van der Waals surface area contributed by atoms with Crippen molar-refractivity contribution in [1.82, 2.24) is 4.90 Å². The lowest BCUT2D eigenvalue weighted by Gasteiger charge is -2.38. The zero-order chi connectivity index (χ0) is 18.7. The minimum Gasteiger partial charge on any atom is -0.463 e. The zero-order valence-corrected chi connectivity index (χ0v) is 14.8. The second-order valence-electron chi connectivity index (χ2n) is 6.17. The van der Waals surface area contributed by atoms with E-state index in [-0.39, 0.29) is 17.5 Å². The van der Waals surface area contributed by atoms with Crippen molar-refractivity contribution >= 4 is 17.3 Å². The molecule has 0 spiro atoms. The topological polar surface area (TPSA) is 89.1 Å². The summed E-state index contributed by atoms with van der Waals surface area (Å²) >= 11 is 0. The lowest BCUT2D eigenvalue weighted by molar-refractivity contribution is -0.384. The molecule has 8 heteroatoms. The maximum atomic E-state index is 11.5. The van der Waals surface area contributed by atoms with E-state index in [4.69, 9.17) is 4.42 Å². The molecule has 0 radical (unpaired) electrons. The quantitative estimate of drug-likeness (QED) is 0.461. The van der Waals surface area contributed by atoms with Gasteiger partial charge in [0.2, 0.25) is 5.76 Å². The Morgan fingerprint density at radius 2 is 1.81 bits per heavy atom. The first kappa shape index (κ1) is 17.9. The Morgan fingerprint density at radius 1 is 1.15 bits per heavy atom. The van der Waals surface area contributed by atoms with Crippen molar-refractivity contribution in [2.45, 2.75) is 13.0 Å². The van der Waals surface area contributed by atoms with Crippen LogP contribution in [-0.2, 0) is 4.74 Å². The van der Waals surface area contributed by atoms with Crippen LogP contribution in [0.1, 0.15) is 29.3 Å². The van der Waals surface area contributed by atoms with Gasteiger partial charge in [0, 0.05) is 44.0 Å². The van der Waals surface area contributed by atoms with Crippen LogP contribution < -0.4 is 4.90 Å². The minimum atomic E-state index is -0.480. The number of nitro groups is 1. The summed E-state index contributed by atoms with van der Waals surface area (Å²) in [4.78, 5) is 26.4. The Balaban J connectivity index is 1.60. The summed E-state index contributed by atoms with van der Waals surface area (Å²) in [5.74, 6) is 0.458. The number of anilines is 1. The highest BCUT2D eigenvalue weighted by Crippen LogP contribution is 2.26. The molecule has 138 valence electrons. The fourth-order valence-electron chi connectivity index (χ4n) is 3.12. The highest BCUT2D eigenvalue weighted by molar-refractivity contribution is 5.86. The van der Waals surface area contributed by atoms with Gasteiger partial charge in [0.15, 0.2) is 0 Å². The van der Waals surface area contributed by atoms with Gasteiger partial charge in [-0.3, -0.25) is 15.0 Å². The van der Waals surface area contributed by atoms with Gasteiger partial charge in [-0.15, -0.1) is 0 Å². The van der Waals surface area contributed by atoms with Gasteiger partial charge in [0.1, 0.15) is 5.76 Å². The van der Waals surface area contributed by atoms with Gasteiger partial charge in [-0.25, -0.2) is 4.79 Å². The predicted octanol–water partition coefficient (Wildman–Crippen LogP) is 2.86. The standard InChI is InChI=1S/C18H21N3O5/c1-13(16-7-8-17(26-16)18(22)25-2)19-9-11-20(12-10-19)14-3-5-15(6-4-14)21(23)24/h3-8,13H,9-12H2,1-2H3/t13-/m0/s1. The van der Waals surface area contributed by atoms with Crippen LogP contribution >= 0.6 is 0 Å². The Morgan fingerprint density at radius 3 is 2.38 bits per heavy atom. The molecule has 0 bridgehead atoms. The van der Waals surface area contributed by atoms with Gasteiger partial charge in [-0.2, -0.15) is 0 Å². The van der Waals surface area contributed by atoms with Crippen LogP contribution in [0.3, 0.4) is 0 Å². The molecule has 1 aromatic carbocycles. The summed E-state index contributed by atoms with van der Waals surface area (Å²) in [7, 11) is 1.32. The van der Waals surface area contributed by atoms with Gasteiger partial charge in [-0.05, 0) is 31.2 Å². The average Bonchev–Trinajstić information content (AvgIpc) is 3.17. The number of hydrogen-bond acceptors (Lipinski definition) is 7. The van der Waals surface area contributed by atoms with Gasteiger partial charge < -0.3 is 14.1 Å². The van der Waals surface area contributed by atoms with E-state index in [1.165, 1.54) is 19.2 Å². The number of esters is 1. The Bertz CT molecular complexity index is 778. The molecule has 1 atom stereocenters. The summed E-state index contributed by atoms with van der Waals surface area (Å²) in [5.41, 5.74) is 1.08. The third kappa shape index (κ3) is 3.70. The van der Waals surface area contributed by atoms with Crippen LogP contribution in [0.25, 0.3) is 0 Å². The van der Waals surface area contributed by atoms with Crippen molar-refractivity contribution in [1.29, 1.82) is 0 Å². The van der Waals surface area contributed by atoms with E-state index in [2.05, 4.69) is 14.5 Å². The Hall–Kier alpha value is -2.87. The molecule has 8 nitrogen and oxygen atoms in total. The second kappa shape index (κ2) is 7.57. The van der Waals surface area contributed by atoms with E-state index < -0.39 is 10.9 Å². The number of piperazine rings is 1. The second-order valence-corrected chi connectivity index (χ2v) is 6.17. The Kier molecular flexibility index (Phi) is 5.22. The fraction of sp³-hybridized carbons (Fsp3) is 0.389. The maximum absolute atomic E-state index is 11.5. The number of carbonyl (C=O) groups excluding carboxylic acids is 1. The number of furan rings is 1. The maximum Gasteiger partial charge on any atom is 0.373 e. The average molecular weight is 359 g/mol. The number of nitro benzene ring substituents is 1. The highest BCUT2D eigenvalue weighted by atomic mass is 16.6. The fourth-order valence-corrected chi connectivity index (χ4v) is 3.12. The molecule has 1 aliphatic heterocycles. The number of rotatable bonds is 5. The molecule has 2 heterocycles. The lowest BCUT2D eigenvalue weighted by atomic mass is 10.1. The normalized spacial score (nSPS) is 16.3. The number of nitrogens with zero attached hydrogens (tertiary/aromatic N) is 3. The van der Waals surface area contributed by atoms with Crippen molar-refractivity contribution < 1.29 is 18.9 Å². The number of hydrogen-bond donors (Lipinski definition) is 0. The first-order valence-electron chi connectivity index (χ1n) is 8.41. The molecule has 1 aromatic heterocycles. The van der Waals surface area contributed by atoms with Gasteiger partial charge in [-0.1, -0.05) is 0 Å². The molecule has 26 heavy (non-hydrogen) atoms. The molecule has 2 aromatic rings. The largest absolute Gasteiger partial charge is 0.463 e. The van der Waals surface area contributed by atoms with E-state index in [0.29, 0.717) is 0 Å². The zero-order valence-electron chi connectivity index (χ0n) is 14.8. The summed E-state index contributed by atoms with van der Waals surface area (Å²) in [6.07, 6.45) is 0.